The Morgan fingerprint density at radius 3 is 2.57 bits per heavy atom. The van der Waals surface area contributed by atoms with Crippen LogP contribution >= 0.6 is 11.6 Å². The molecule has 1 amide bonds. The van der Waals surface area contributed by atoms with Gasteiger partial charge in [-0.2, -0.15) is 5.10 Å². The van der Waals surface area contributed by atoms with E-state index < -0.39 is 0 Å². The quantitative estimate of drug-likeness (QED) is 0.765. The van der Waals surface area contributed by atoms with Crippen LogP contribution in [0, 0.1) is 13.8 Å². The van der Waals surface area contributed by atoms with Gasteiger partial charge < -0.3 is 10.6 Å². The number of amides is 1. The van der Waals surface area contributed by atoms with Crippen molar-refractivity contribution in [3.05, 3.63) is 46.2 Å². The van der Waals surface area contributed by atoms with Gasteiger partial charge in [0.1, 0.15) is 0 Å². The van der Waals surface area contributed by atoms with E-state index in [9.17, 15) is 4.79 Å². The first-order valence-corrected chi connectivity index (χ1v) is 8.13. The molecular weight excluding hydrogens is 312 g/mol. The highest BCUT2D eigenvalue weighted by Crippen LogP contribution is 2.19. The summed E-state index contributed by atoms with van der Waals surface area (Å²) in [6.45, 7) is 7.95. The predicted molar refractivity (Wildman–Crippen MR) is 93.1 cm³/mol. The molecule has 0 bridgehead atoms. The fourth-order valence-electron chi connectivity index (χ4n) is 2.46. The van der Waals surface area contributed by atoms with Crippen LogP contribution < -0.4 is 10.6 Å². The van der Waals surface area contributed by atoms with Gasteiger partial charge in [-0.25, -0.2) is 4.68 Å². The fraction of sp³-hybridized carbons (Fsp3) is 0.412. The van der Waals surface area contributed by atoms with Crippen molar-refractivity contribution >= 4 is 17.5 Å². The summed E-state index contributed by atoms with van der Waals surface area (Å²) >= 11 is 5.94. The summed E-state index contributed by atoms with van der Waals surface area (Å²) < 4.78 is 1.94. The summed E-state index contributed by atoms with van der Waals surface area (Å²) in [5.74, 6) is 0.0147. The van der Waals surface area contributed by atoms with Crippen molar-refractivity contribution in [2.45, 2.75) is 33.7 Å². The van der Waals surface area contributed by atoms with Gasteiger partial charge in [-0.05, 0) is 51.1 Å². The first-order valence-electron chi connectivity index (χ1n) is 7.75. The largest absolute Gasteiger partial charge is 0.356 e. The predicted octanol–water partition coefficient (Wildman–Crippen LogP) is 2.76. The third-order valence-electron chi connectivity index (χ3n) is 3.72. The van der Waals surface area contributed by atoms with Gasteiger partial charge in [0.2, 0.25) is 5.91 Å². The summed E-state index contributed by atoms with van der Waals surface area (Å²) in [7, 11) is 0. The molecule has 0 aliphatic heterocycles. The van der Waals surface area contributed by atoms with Crippen molar-refractivity contribution in [2.24, 2.45) is 0 Å². The SMILES string of the molecule is CC(=O)NCCCNCc1c(C)nn(-c2ccc(Cl)cc2)c1C. The van der Waals surface area contributed by atoms with E-state index in [1.165, 1.54) is 12.5 Å². The van der Waals surface area contributed by atoms with Gasteiger partial charge >= 0.3 is 0 Å². The number of carbonyl (C=O) groups excluding carboxylic acids is 1. The molecule has 5 nitrogen and oxygen atoms in total. The Morgan fingerprint density at radius 1 is 1.22 bits per heavy atom. The zero-order chi connectivity index (χ0) is 16.8. The van der Waals surface area contributed by atoms with E-state index in [4.69, 9.17) is 11.6 Å². The Kier molecular flexibility index (Phi) is 6.19. The molecular formula is C17H23ClN4O. The lowest BCUT2D eigenvalue weighted by Crippen LogP contribution is -2.25. The summed E-state index contributed by atoms with van der Waals surface area (Å²) in [5.41, 5.74) is 4.36. The van der Waals surface area contributed by atoms with Gasteiger partial charge in [0.15, 0.2) is 0 Å². The van der Waals surface area contributed by atoms with Gasteiger partial charge in [-0.3, -0.25) is 4.79 Å². The second-order valence-electron chi connectivity index (χ2n) is 5.55. The van der Waals surface area contributed by atoms with Crippen LogP contribution in [0.4, 0.5) is 0 Å². The van der Waals surface area contributed by atoms with Gasteiger partial charge in [-0.15, -0.1) is 0 Å². The minimum atomic E-state index is 0.0147. The van der Waals surface area contributed by atoms with Crippen molar-refractivity contribution < 1.29 is 4.79 Å². The van der Waals surface area contributed by atoms with Gasteiger partial charge in [0.25, 0.3) is 0 Å². The zero-order valence-corrected chi connectivity index (χ0v) is 14.6. The van der Waals surface area contributed by atoms with Crippen molar-refractivity contribution in [3.63, 3.8) is 0 Å². The summed E-state index contributed by atoms with van der Waals surface area (Å²) in [6.07, 6.45) is 0.906. The molecule has 0 atom stereocenters. The lowest BCUT2D eigenvalue weighted by atomic mass is 10.2. The van der Waals surface area contributed by atoms with Crippen LogP contribution in [0.1, 0.15) is 30.3 Å². The first kappa shape index (κ1) is 17.5. The third-order valence-corrected chi connectivity index (χ3v) is 3.97. The Labute approximate surface area is 142 Å². The Balaban J connectivity index is 1.95. The van der Waals surface area contributed by atoms with E-state index >= 15 is 0 Å². The minimum Gasteiger partial charge on any atom is -0.356 e. The smallest absolute Gasteiger partial charge is 0.216 e. The molecule has 6 heteroatoms. The van der Waals surface area contributed by atoms with E-state index in [2.05, 4.69) is 22.7 Å². The number of rotatable bonds is 7. The molecule has 0 aliphatic rings. The molecule has 1 aromatic carbocycles. The van der Waals surface area contributed by atoms with Crippen molar-refractivity contribution in [3.8, 4) is 5.69 Å². The van der Waals surface area contributed by atoms with Crippen LogP contribution in [0.3, 0.4) is 0 Å². The monoisotopic (exact) mass is 334 g/mol. The third kappa shape index (κ3) is 4.81. The highest BCUT2D eigenvalue weighted by molar-refractivity contribution is 6.30. The molecule has 2 N–H and O–H groups in total. The van der Waals surface area contributed by atoms with Crippen molar-refractivity contribution in [1.29, 1.82) is 0 Å². The van der Waals surface area contributed by atoms with Gasteiger partial charge in [0.05, 0.1) is 11.4 Å². The number of carbonyl (C=O) groups is 1. The first-order chi connectivity index (χ1) is 11.0. The number of aromatic nitrogens is 2. The molecule has 0 spiro atoms. The van der Waals surface area contributed by atoms with E-state index in [-0.39, 0.29) is 5.91 Å². The lowest BCUT2D eigenvalue weighted by Gasteiger charge is -2.07. The number of nitrogens with zero attached hydrogens (tertiary/aromatic N) is 2. The van der Waals surface area contributed by atoms with Gasteiger partial charge in [-0.1, -0.05) is 11.6 Å². The van der Waals surface area contributed by atoms with E-state index in [0.29, 0.717) is 6.54 Å². The second kappa shape index (κ2) is 8.13. The van der Waals surface area contributed by atoms with Crippen LogP contribution in [-0.2, 0) is 11.3 Å². The Hall–Kier alpha value is -1.85. The van der Waals surface area contributed by atoms with Gasteiger partial charge in [0, 0.05) is 36.3 Å². The molecule has 2 aromatic rings. The number of aryl methyl sites for hydroxylation is 1. The standard InChI is InChI=1S/C17H23ClN4O/c1-12-17(11-19-9-4-10-20-14(3)23)13(2)22(21-12)16-7-5-15(18)6-8-16/h5-8,19H,4,9-11H2,1-3H3,(H,20,23). The highest BCUT2D eigenvalue weighted by atomic mass is 35.5. The van der Waals surface area contributed by atoms with Crippen LogP contribution in [0.5, 0.6) is 0 Å². The Bertz CT molecular complexity index is 664. The van der Waals surface area contributed by atoms with Crippen LogP contribution in [0.2, 0.25) is 5.02 Å². The van der Waals surface area contributed by atoms with Crippen LogP contribution in [-0.4, -0.2) is 28.8 Å². The maximum Gasteiger partial charge on any atom is 0.216 e. The maximum absolute atomic E-state index is 10.8. The maximum atomic E-state index is 10.8. The zero-order valence-electron chi connectivity index (χ0n) is 13.8. The summed E-state index contributed by atoms with van der Waals surface area (Å²) in [5, 5.41) is 11.5. The average molecular weight is 335 g/mol. The minimum absolute atomic E-state index is 0.0147. The summed E-state index contributed by atoms with van der Waals surface area (Å²) in [6, 6.07) is 7.67. The van der Waals surface area contributed by atoms with E-state index in [1.807, 2.05) is 35.9 Å². The lowest BCUT2D eigenvalue weighted by molar-refractivity contribution is -0.118. The molecule has 1 aromatic heterocycles. The van der Waals surface area contributed by atoms with Crippen molar-refractivity contribution in [2.75, 3.05) is 13.1 Å². The second-order valence-corrected chi connectivity index (χ2v) is 5.99. The number of hydrogen-bond donors (Lipinski definition) is 2. The molecule has 0 aliphatic carbocycles. The number of hydrogen-bond acceptors (Lipinski definition) is 3. The van der Waals surface area contributed by atoms with E-state index in [1.54, 1.807) is 0 Å². The number of benzene rings is 1. The average Bonchev–Trinajstić information content (AvgIpc) is 2.79. The van der Waals surface area contributed by atoms with Crippen molar-refractivity contribution in [1.82, 2.24) is 20.4 Å². The number of halogens is 1. The Morgan fingerprint density at radius 2 is 1.91 bits per heavy atom. The molecule has 0 fully saturated rings. The molecule has 0 saturated heterocycles. The van der Waals surface area contributed by atoms with Crippen LogP contribution in [0.15, 0.2) is 24.3 Å². The van der Waals surface area contributed by atoms with E-state index in [0.717, 1.165) is 41.6 Å². The topological polar surface area (TPSA) is 59.0 Å². The molecule has 23 heavy (non-hydrogen) atoms. The van der Waals surface area contributed by atoms with Crippen LogP contribution in [0.25, 0.3) is 5.69 Å². The molecule has 0 saturated carbocycles. The number of nitrogens with one attached hydrogen (secondary N) is 2. The molecule has 1 heterocycles. The fourth-order valence-corrected chi connectivity index (χ4v) is 2.58. The highest BCUT2D eigenvalue weighted by Gasteiger charge is 2.12. The molecule has 2 rings (SSSR count). The molecule has 124 valence electrons. The molecule has 0 radical (unpaired) electrons. The summed E-state index contributed by atoms with van der Waals surface area (Å²) in [4.78, 5) is 10.8. The normalized spacial score (nSPS) is 10.8. The molecule has 0 unspecified atom stereocenters.